The lowest BCUT2D eigenvalue weighted by atomic mass is 10.0. The molecule has 0 saturated carbocycles. The predicted octanol–water partition coefficient (Wildman–Crippen LogP) is 4.13. The quantitative estimate of drug-likeness (QED) is 0.785. The fourth-order valence-electron chi connectivity index (χ4n) is 3.79. The fraction of sp³-hybridized carbons (Fsp3) is 0.381. The molecule has 0 spiro atoms. The van der Waals surface area contributed by atoms with Crippen molar-refractivity contribution in [2.75, 3.05) is 31.6 Å². The van der Waals surface area contributed by atoms with Crippen molar-refractivity contribution in [3.8, 4) is 17.2 Å². The van der Waals surface area contributed by atoms with Gasteiger partial charge in [0.05, 0.1) is 6.54 Å². The van der Waals surface area contributed by atoms with Gasteiger partial charge in [-0.05, 0) is 61.3 Å². The molecule has 1 saturated heterocycles. The van der Waals surface area contributed by atoms with Crippen LogP contribution in [-0.4, -0.2) is 43.5 Å². The molecular formula is C21H21F3N2O4. The lowest BCUT2D eigenvalue weighted by Crippen LogP contribution is -2.33. The van der Waals surface area contributed by atoms with Gasteiger partial charge < -0.3 is 19.5 Å². The third-order valence-corrected chi connectivity index (χ3v) is 5.03. The van der Waals surface area contributed by atoms with Gasteiger partial charge in [0.1, 0.15) is 19.0 Å². The summed E-state index contributed by atoms with van der Waals surface area (Å²) in [6, 6.07) is 11.0. The maximum Gasteiger partial charge on any atom is 0.573 e. The molecule has 160 valence electrons. The number of fused-ring (bicyclic) bond motifs is 1. The third-order valence-electron chi connectivity index (χ3n) is 5.03. The Balaban J connectivity index is 1.37. The minimum atomic E-state index is -4.75. The number of alkyl halides is 3. The Morgan fingerprint density at radius 1 is 1.10 bits per heavy atom. The summed E-state index contributed by atoms with van der Waals surface area (Å²) in [7, 11) is 0. The molecule has 2 aromatic carbocycles. The molecule has 0 aromatic heterocycles. The second-order valence-electron chi connectivity index (χ2n) is 7.15. The molecule has 1 N–H and O–H groups in total. The van der Waals surface area contributed by atoms with Crippen LogP contribution < -0.4 is 19.5 Å². The number of carbonyl (C=O) groups excluding carboxylic acids is 1. The number of halogens is 3. The highest BCUT2D eigenvalue weighted by Gasteiger charge is 2.31. The van der Waals surface area contributed by atoms with Gasteiger partial charge >= 0.3 is 6.36 Å². The molecule has 1 unspecified atom stereocenters. The van der Waals surface area contributed by atoms with Crippen LogP contribution in [0.5, 0.6) is 17.2 Å². The van der Waals surface area contributed by atoms with E-state index in [1.54, 1.807) is 0 Å². The standard InChI is InChI=1S/C21H21F3N2O4/c22-21(23,24)30-16-6-4-15(5-7-16)25-20(27)13-26-9-1-2-17(26)14-3-8-18-19(12-14)29-11-10-28-18/h3-8,12,17H,1-2,9-11,13H2,(H,25,27). The maximum atomic E-state index is 12.5. The number of carbonyl (C=O) groups is 1. The van der Waals surface area contributed by atoms with Gasteiger partial charge in [0.25, 0.3) is 0 Å². The Kier molecular flexibility index (Phi) is 5.72. The van der Waals surface area contributed by atoms with Gasteiger partial charge in [-0.2, -0.15) is 0 Å². The normalized spacial score (nSPS) is 18.8. The molecule has 30 heavy (non-hydrogen) atoms. The molecule has 4 rings (SSSR count). The smallest absolute Gasteiger partial charge is 0.486 e. The highest BCUT2D eigenvalue weighted by atomic mass is 19.4. The van der Waals surface area contributed by atoms with Crippen LogP contribution in [0.25, 0.3) is 0 Å². The van der Waals surface area contributed by atoms with Crippen molar-refractivity contribution in [1.82, 2.24) is 4.90 Å². The van der Waals surface area contributed by atoms with E-state index in [1.807, 2.05) is 18.2 Å². The molecule has 2 heterocycles. The zero-order valence-electron chi connectivity index (χ0n) is 16.1. The number of hydrogen-bond acceptors (Lipinski definition) is 5. The van der Waals surface area contributed by atoms with E-state index in [1.165, 1.54) is 12.1 Å². The van der Waals surface area contributed by atoms with Gasteiger partial charge in [0, 0.05) is 11.7 Å². The van der Waals surface area contributed by atoms with Gasteiger partial charge in [0.2, 0.25) is 5.91 Å². The molecule has 1 atom stereocenters. The van der Waals surface area contributed by atoms with Crippen molar-refractivity contribution in [3.63, 3.8) is 0 Å². The van der Waals surface area contributed by atoms with Crippen molar-refractivity contribution in [3.05, 3.63) is 48.0 Å². The summed E-state index contributed by atoms with van der Waals surface area (Å²) >= 11 is 0. The Morgan fingerprint density at radius 2 is 1.83 bits per heavy atom. The minimum Gasteiger partial charge on any atom is -0.486 e. The van der Waals surface area contributed by atoms with Crippen LogP contribution in [0.2, 0.25) is 0 Å². The van der Waals surface area contributed by atoms with Gasteiger partial charge in [-0.3, -0.25) is 9.69 Å². The van der Waals surface area contributed by atoms with Crippen LogP contribution in [0.1, 0.15) is 24.4 Å². The average molecular weight is 422 g/mol. The Morgan fingerprint density at radius 3 is 2.57 bits per heavy atom. The molecule has 6 nitrogen and oxygen atoms in total. The number of benzene rings is 2. The molecule has 0 radical (unpaired) electrons. The number of rotatable bonds is 5. The average Bonchev–Trinajstić information content (AvgIpc) is 3.16. The molecule has 9 heteroatoms. The lowest BCUT2D eigenvalue weighted by molar-refractivity contribution is -0.274. The summed E-state index contributed by atoms with van der Waals surface area (Å²) in [5, 5.41) is 2.72. The number of likely N-dealkylation sites (tertiary alicyclic amines) is 1. The van der Waals surface area contributed by atoms with Gasteiger partial charge in [-0.1, -0.05) is 6.07 Å². The lowest BCUT2D eigenvalue weighted by Gasteiger charge is -2.26. The van der Waals surface area contributed by atoms with Crippen molar-refractivity contribution in [2.24, 2.45) is 0 Å². The largest absolute Gasteiger partial charge is 0.573 e. The second kappa shape index (κ2) is 8.43. The van der Waals surface area contributed by atoms with Crippen LogP contribution in [0, 0.1) is 0 Å². The van der Waals surface area contributed by atoms with Crippen molar-refractivity contribution < 1.29 is 32.2 Å². The first-order valence-corrected chi connectivity index (χ1v) is 9.67. The first-order valence-electron chi connectivity index (χ1n) is 9.67. The summed E-state index contributed by atoms with van der Waals surface area (Å²) in [6.45, 7) is 2.01. The number of amides is 1. The molecule has 0 bridgehead atoms. The molecule has 0 aliphatic carbocycles. The fourth-order valence-corrected chi connectivity index (χ4v) is 3.79. The minimum absolute atomic E-state index is 0.0918. The Labute approximate surface area is 171 Å². The SMILES string of the molecule is O=C(CN1CCCC1c1ccc2c(c1)OCCO2)Nc1ccc(OC(F)(F)F)cc1. The van der Waals surface area contributed by atoms with E-state index in [-0.39, 0.29) is 24.2 Å². The van der Waals surface area contributed by atoms with Crippen LogP contribution >= 0.6 is 0 Å². The van der Waals surface area contributed by atoms with Crippen LogP contribution in [0.4, 0.5) is 18.9 Å². The van der Waals surface area contributed by atoms with E-state index >= 15 is 0 Å². The van der Waals surface area contributed by atoms with Crippen LogP contribution in [0.3, 0.4) is 0 Å². The second-order valence-corrected chi connectivity index (χ2v) is 7.15. The van der Waals surface area contributed by atoms with Crippen molar-refractivity contribution in [1.29, 1.82) is 0 Å². The first kappa shape index (κ1) is 20.3. The van der Waals surface area contributed by atoms with Crippen molar-refractivity contribution >= 4 is 11.6 Å². The Hall–Kier alpha value is -2.94. The third kappa shape index (κ3) is 4.96. The van der Waals surface area contributed by atoms with Gasteiger partial charge in [0.15, 0.2) is 11.5 Å². The van der Waals surface area contributed by atoms with E-state index in [0.717, 1.165) is 48.6 Å². The van der Waals surface area contributed by atoms with E-state index in [9.17, 15) is 18.0 Å². The highest BCUT2D eigenvalue weighted by molar-refractivity contribution is 5.92. The number of ether oxygens (including phenoxy) is 3. The van der Waals surface area contributed by atoms with E-state index in [0.29, 0.717) is 18.9 Å². The summed E-state index contributed by atoms with van der Waals surface area (Å²) < 4.78 is 51.8. The number of nitrogens with zero attached hydrogens (tertiary/aromatic N) is 1. The van der Waals surface area contributed by atoms with Gasteiger partial charge in [-0.15, -0.1) is 13.2 Å². The van der Waals surface area contributed by atoms with Gasteiger partial charge in [-0.25, -0.2) is 0 Å². The van der Waals surface area contributed by atoms with Crippen molar-refractivity contribution in [2.45, 2.75) is 25.2 Å². The first-order chi connectivity index (χ1) is 14.4. The molecule has 1 amide bonds. The summed E-state index contributed by atoms with van der Waals surface area (Å²) in [4.78, 5) is 14.6. The molecule has 1 fully saturated rings. The monoisotopic (exact) mass is 422 g/mol. The predicted molar refractivity (Wildman–Crippen MR) is 103 cm³/mol. The summed E-state index contributed by atoms with van der Waals surface area (Å²) in [5.74, 6) is 0.879. The maximum absolute atomic E-state index is 12.5. The molecule has 2 aliphatic heterocycles. The molecule has 2 aliphatic rings. The summed E-state index contributed by atoms with van der Waals surface area (Å²) in [6.07, 6.45) is -2.85. The van der Waals surface area contributed by atoms with E-state index in [4.69, 9.17) is 9.47 Å². The Bertz CT molecular complexity index is 902. The van der Waals surface area contributed by atoms with E-state index in [2.05, 4.69) is 15.0 Å². The summed E-state index contributed by atoms with van der Waals surface area (Å²) in [5.41, 5.74) is 1.47. The van der Waals surface area contributed by atoms with Crippen LogP contribution in [-0.2, 0) is 4.79 Å². The number of nitrogens with one attached hydrogen (secondary N) is 1. The topological polar surface area (TPSA) is 60.0 Å². The molecular weight excluding hydrogens is 401 g/mol. The van der Waals surface area contributed by atoms with Crippen LogP contribution in [0.15, 0.2) is 42.5 Å². The van der Waals surface area contributed by atoms with E-state index < -0.39 is 6.36 Å². The zero-order chi connectivity index (χ0) is 21.1. The number of anilines is 1. The molecule has 2 aromatic rings. The number of hydrogen-bond donors (Lipinski definition) is 1. The zero-order valence-corrected chi connectivity index (χ0v) is 16.1. The highest BCUT2D eigenvalue weighted by Crippen LogP contribution is 2.38.